The maximum absolute atomic E-state index is 14.3. The van der Waals surface area contributed by atoms with Crippen LogP contribution in [0.3, 0.4) is 0 Å². The molecule has 0 heterocycles. The van der Waals surface area contributed by atoms with Gasteiger partial charge in [0.15, 0.2) is 0 Å². The van der Waals surface area contributed by atoms with Gasteiger partial charge in [0.2, 0.25) is 0 Å². The van der Waals surface area contributed by atoms with E-state index in [4.69, 9.17) is 0 Å². The number of alkyl halides is 1. The summed E-state index contributed by atoms with van der Waals surface area (Å²) in [5.41, 5.74) is -0.749. The van der Waals surface area contributed by atoms with Crippen molar-refractivity contribution in [2.24, 2.45) is 11.3 Å². The van der Waals surface area contributed by atoms with Gasteiger partial charge in [-0.15, -0.1) is 0 Å². The quantitative estimate of drug-likeness (QED) is 0.472. The summed E-state index contributed by atoms with van der Waals surface area (Å²) in [6.07, 6.45) is 10.2. The van der Waals surface area contributed by atoms with E-state index in [1.54, 1.807) is 0 Å². The van der Waals surface area contributed by atoms with Gasteiger partial charge in [-0.05, 0) is 31.6 Å². The van der Waals surface area contributed by atoms with Gasteiger partial charge in [-0.2, -0.15) is 0 Å². The third-order valence-corrected chi connectivity index (χ3v) is 5.08. The standard InChI is InChI=1S/C16H31F/c1-5-8-10-14(4)11-9-12-15(6-2)13-16(15,17)7-3/h14H,5-13H2,1-4H3. The summed E-state index contributed by atoms with van der Waals surface area (Å²) in [5.74, 6) is 0.832. The molecule has 0 saturated heterocycles. The second kappa shape index (κ2) is 6.20. The molecule has 0 aliphatic heterocycles. The number of unbranched alkanes of at least 4 members (excludes halogenated alkanes) is 1. The third kappa shape index (κ3) is 3.45. The van der Waals surface area contributed by atoms with Crippen LogP contribution in [-0.4, -0.2) is 5.67 Å². The van der Waals surface area contributed by atoms with E-state index in [-0.39, 0.29) is 5.41 Å². The molecule has 0 aromatic rings. The number of hydrogen-bond donors (Lipinski definition) is 0. The number of rotatable bonds is 9. The zero-order valence-corrected chi connectivity index (χ0v) is 12.3. The van der Waals surface area contributed by atoms with Gasteiger partial charge in [0.25, 0.3) is 0 Å². The first-order chi connectivity index (χ1) is 8.03. The third-order valence-electron chi connectivity index (χ3n) is 5.08. The summed E-state index contributed by atoms with van der Waals surface area (Å²) in [6, 6.07) is 0. The summed E-state index contributed by atoms with van der Waals surface area (Å²) in [6.45, 7) is 8.77. The Balaban J connectivity index is 2.22. The first kappa shape index (κ1) is 15.0. The van der Waals surface area contributed by atoms with E-state index >= 15 is 0 Å². The molecule has 1 fully saturated rings. The van der Waals surface area contributed by atoms with Crippen LogP contribution in [0.2, 0.25) is 0 Å². The lowest BCUT2D eigenvalue weighted by atomic mass is 9.88. The minimum Gasteiger partial charge on any atom is -0.243 e. The molecule has 0 amide bonds. The monoisotopic (exact) mass is 242 g/mol. The van der Waals surface area contributed by atoms with Crippen LogP contribution in [0.1, 0.15) is 85.5 Å². The van der Waals surface area contributed by atoms with E-state index in [0.717, 1.165) is 25.2 Å². The van der Waals surface area contributed by atoms with Crippen molar-refractivity contribution in [3.8, 4) is 0 Å². The molecule has 0 spiro atoms. The number of hydrogen-bond acceptors (Lipinski definition) is 0. The van der Waals surface area contributed by atoms with Crippen LogP contribution in [0.5, 0.6) is 0 Å². The summed E-state index contributed by atoms with van der Waals surface area (Å²) < 4.78 is 14.3. The molecule has 0 aromatic carbocycles. The Hall–Kier alpha value is -0.0700. The highest BCUT2D eigenvalue weighted by Gasteiger charge is 2.65. The van der Waals surface area contributed by atoms with Crippen LogP contribution in [0, 0.1) is 11.3 Å². The van der Waals surface area contributed by atoms with Crippen molar-refractivity contribution in [1.82, 2.24) is 0 Å². The molecule has 0 N–H and O–H groups in total. The van der Waals surface area contributed by atoms with E-state index in [1.807, 2.05) is 6.92 Å². The van der Waals surface area contributed by atoms with Gasteiger partial charge in [0.05, 0.1) is 0 Å². The van der Waals surface area contributed by atoms with Crippen LogP contribution in [0.15, 0.2) is 0 Å². The topological polar surface area (TPSA) is 0 Å². The van der Waals surface area contributed by atoms with Gasteiger partial charge in [-0.1, -0.05) is 59.8 Å². The van der Waals surface area contributed by atoms with Crippen molar-refractivity contribution >= 4 is 0 Å². The molecule has 17 heavy (non-hydrogen) atoms. The van der Waals surface area contributed by atoms with Gasteiger partial charge in [0.1, 0.15) is 5.67 Å². The second-order valence-corrected chi connectivity index (χ2v) is 6.27. The highest BCUT2D eigenvalue weighted by atomic mass is 19.1. The maximum atomic E-state index is 14.3. The van der Waals surface area contributed by atoms with Crippen molar-refractivity contribution in [2.75, 3.05) is 0 Å². The van der Waals surface area contributed by atoms with E-state index in [2.05, 4.69) is 20.8 Å². The summed E-state index contributed by atoms with van der Waals surface area (Å²) in [7, 11) is 0. The molecule has 3 atom stereocenters. The minimum atomic E-state index is -0.811. The molecule has 0 radical (unpaired) electrons. The van der Waals surface area contributed by atoms with Gasteiger partial charge < -0.3 is 0 Å². The average molecular weight is 242 g/mol. The van der Waals surface area contributed by atoms with Crippen LogP contribution >= 0.6 is 0 Å². The molecular formula is C16H31F. The normalized spacial score (nSPS) is 33.7. The fourth-order valence-corrected chi connectivity index (χ4v) is 3.41. The van der Waals surface area contributed by atoms with Crippen molar-refractivity contribution in [1.29, 1.82) is 0 Å². The van der Waals surface area contributed by atoms with Gasteiger partial charge >= 0.3 is 0 Å². The smallest absolute Gasteiger partial charge is 0.117 e. The van der Waals surface area contributed by atoms with Crippen LogP contribution in [-0.2, 0) is 0 Å². The molecule has 3 unspecified atom stereocenters. The number of halogens is 1. The zero-order chi connectivity index (χ0) is 12.9. The molecule has 0 bridgehead atoms. The lowest BCUT2D eigenvalue weighted by molar-refractivity contribution is 0.197. The largest absolute Gasteiger partial charge is 0.243 e. The Morgan fingerprint density at radius 2 is 1.71 bits per heavy atom. The zero-order valence-electron chi connectivity index (χ0n) is 12.3. The Labute approximate surface area is 107 Å². The van der Waals surface area contributed by atoms with E-state index < -0.39 is 5.67 Å². The predicted molar refractivity (Wildman–Crippen MR) is 74.0 cm³/mol. The van der Waals surface area contributed by atoms with Gasteiger partial charge in [-0.3, -0.25) is 0 Å². The highest BCUT2D eigenvalue weighted by molar-refractivity contribution is 5.14. The minimum absolute atomic E-state index is 0.0617. The first-order valence-corrected chi connectivity index (χ1v) is 7.72. The molecule has 0 aromatic heterocycles. The van der Waals surface area contributed by atoms with Crippen LogP contribution < -0.4 is 0 Å². The molecule has 102 valence electrons. The molecule has 1 aliphatic rings. The Kier molecular flexibility index (Phi) is 5.47. The Bertz CT molecular complexity index is 226. The Morgan fingerprint density at radius 3 is 2.18 bits per heavy atom. The lowest BCUT2D eigenvalue weighted by Gasteiger charge is -2.19. The van der Waals surface area contributed by atoms with Gasteiger partial charge in [-0.25, -0.2) is 4.39 Å². The molecule has 0 nitrogen and oxygen atoms in total. The van der Waals surface area contributed by atoms with E-state index in [0.29, 0.717) is 6.42 Å². The molecule has 1 saturated carbocycles. The second-order valence-electron chi connectivity index (χ2n) is 6.27. The fourth-order valence-electron chi connectivity index (χ4n) is 3.41. The van der Waals surface area contributed by atoms with Crippen LogP contribution in [0.4, 0.5) is 4.39 Å². The Morgan fingerprint density at radius 1 is 1.06 bits per heavy atom. The SMILES string of the molecule is CCCCC(C)CCCC1(CC)CC1(F)CC. The average Bonchev–Trinajstić information content (AvgIpc) is 2.93. The molecule has 1 rings (SSSR count). The summed E-state index contributed by atoms with van der Waals surface area (Å²) in [5, 5.41) is 0. The first-order valence-electron chi connectivity index (χ1n) is 7.72. The van der Waals surface area contributed by atoms with Crippen molar-refractivity contribution < 1.29 is 4.39 Å². The molecule has 1 aliphatic carbocycles. The van der Waals surface area contributed by atoms with E-state index in [9.17, 15) is 4.39 Å². The highest BCUT2D eigenvalue weighted by Crippen LogP contribution is 2.66. The maximum Gasteiger partial charge on any atom is 0.117 e. The lowest BCUT2D eigenvalue weighted by Crippen LogP contribution is -2.14. The fraction of sp³-hybridized carbons (Fsp3) is 1.00. The predicted octanol–water partition coefficient (Wildman–Crippen LogP) is 5.90. The molecule has 1 heteroatoms. The van der Waals surface area contributed by atoms with Crippen LogP contribution in [0.25, 0.3) is 0 Å². The van der Waals surface area contributed by atoms with Crippen molar-refractivity contribution in [3.63, 3.8) is 0 Å². The summed E-state index contributed by atoms with van der Waals surface area (Å²) in [4.78, 5) is 0. The van der Waals surface area contributed by atoms with E-state index in [1.165, 1.54) is 32.1 Å². The van der Waals surface area contributed by atoms with Crippen molar-refractivity contribution in [2.45, 2.75) is 91.2 Å². The summed E-state index contributed by atoms with van der Waals surface area (Å²) >= 11 is 0. The molecular weight excluding hydrogens is 211 g/mol. The van der Waals surface area contributed by atoms with Crippen molar-refractivity contribution in [3.05, 3.63) is 0 Å². The van der Waals surface area contributed by atoms with Gasteiger partial charge in [0, 0.05) is 5.41 Å².